The summed E-state index contributed by atoms with van der Waals surface area (Å²) in [5, 5.41) is 0.917. The standard InChI is InChI=1S/C22H36ClNO/c1-7-19-14-25-15-20(8-2)24(19)13-16(3)11-17-9-10-18(12-21(17)23)22(4,5)6/h9-10,12,16,19-20H,7-8,11,13-15H2,1-6H3. The van der Waals surface area contributed by atoms with Crippen molar-refractivity contribution < 1.29 is 4.74 Å². The van der Waals surface area contributed by atoms with Crippen LogP contribution in [0.2, 0.25) is 5.02 Å². The van der Waals surface area contributed by atoms with Gasteiger partial charge in [-0.05, 0) is 47.8 Å². The molecule has 3 unspecified atom stereocenters. The lowest BCUT2D eigenvalue weighted by Crippen LogP contribution is -2.53. The first-order valence-corrected chi connectivity index (χ1v) is 10.3. The van der Waals surface area contributed by atoms with Crippen LogP contribution in [0.3, 0.4) is 0 Å². The van der Waals surface area contributed by atoms with E-state index in [0.717, 1.165) is 44.0 Å². The lowest BCUT2D eigenvalue weighted by molar-refractivity contribution is -0.0567. The van der Waals surface area contributed by atoms with Crippen LogP contribution in [-0.2, 0) is 16.6 Å². The van der Waals surface area contributed by atoms with Crippen molar-refractivity contribution in [3.05, 3.63) is 34.3 Å². The molecule has 3 atom stereocenters. The zero-order valence-corrected chi connectivity index (χ0v) is 17.7. The van der Waals surface area contributed by atoms with E-state index in [-0.39, 0.29) is 5.41 Å². The highest BCUT2D eigenvalue weighted by atomic mass is 35.5. The van der Waals surface area contributed by atoms with Crippen LogP contribution >= 0.6 is 11.6 Å². The molecule has 2 rings (SSSR count). The average molecular weight is 366 g/mol. The maximum atomic E-state index is 6.60. The Bertz CT molecular complexity index is 539. The number of hydrogen-bond acceptors (Lipinski definition) is 2. The molecule has 0 spiro atoms. The van der Waals surface area contributed by atoms with Gasteiger partial charge in [-0.25, -0.2) is 0 Å². The van der Waals surface area contributed by atoms with Crippen LogP contribution in [0.5, 0.6) is 0 Å². The van der Waals surface area contributed by atoms with E-state index in [4.69, 9.17) is 16.3 Å². The van der Waals surface area contributed by atoms with Crippen molar-refractivity contribution >= 4 is 11.6 Å². The van der Waals surface area contributed by atoms with E-state index in [9.17, 15) is 0 Å². The molecule has 1 saturated heterocycles. The Morgan fingerprint density at radius 3 is 2.24 bits per heavy atom. The molecule has 0 N–H and O–H groups in total. The van der Waals surface area contributed by atoms with E-state index in [1.54, 1.807) is 0 Å². The van der Waals surface area contributed by atoms with Crippen molar-refractivity contribution in [3.63, 3.8) is 0 Å². The van der Waals surface area contributed by atoms with Gasteiger partial charge in [-0.2, -0.15) is 0 Å². The number of hydrogen-bond donors (Lipinski definition) is 0. The summed E-state index contributed by atoms with van der Waals surface area (Å²) in [6, 6.07) is 7.74. The third-order valence-corrected chi connectivity index (χ3v) is 5.86. The van der Waals surface area contributed by atoms with Gasteiger partial charge in [-0.1, -0.05) is 65.3 Å². The van der Waals surface area contributed by atoms with E-state index in [0.29, 0.717) is 18.0 Å². The van der Waals surface area contributed by atoms with Gasteiger partial charge in [0.15, 0.2) is 0 Å². The van der Waals surface area contributed by atoms with Crippen molar-refractivity contribution in [1.82, 2.24) is 4.90 Å². The molecule has 1 aliphatic heterocycles. The zero-order valence-electron chi connectivity index (χ0n) is 16.9. The van der Waals surface area contributed by atoms with Crippen LogP contribution in [0, 0.1) is 5.92 Å². The minimum Gasteiger partial charge on any atom is -0.378 e. The van der Waals surface area contributed by atoms with Crippen LogP contribution in [0.1, 0.15) is 65.5 Å². The minimum atomic E-state index is 0.143. The summed E-state index contributed by atoms with van der Waals surface area (Å²) in [5.74, 6) is 0.583. The van der Waals surface area contributed by atoms with Crippen LogP contribution < -0.4 is 0 Å². The van der Waals surface area contributed by atoms with Crippen LogP contribution in [0.15, 0.2) is 18.2 Å². The molecule has 1 aromatic carbocycles. The Morgan fingerprint density at radius 2 is 1.76 bits per heavy atom. The van der Waals surface area contributed by atoms with Crippen LogP contribution in [0.4, 0.5) is 0 Å². The first-order chi connectivity index (χ1) is 11.8. The largest absolute Gasteiger partial charge is 0.378 e. The Hall–Kier alpha value is -0.570. The quantitative estimate of drug-likeness (QED) is 0.640. The SMILES string of the molecule is CCC1COCC(CC)N1CC(C)Cc1ccc(C(C)(C)C)cc1Cl. The van der Waals surface area contributed by atoms with Crippen molar-refractivity contribution in [3.8, 4) is 0 Å². The summed E-state index contributed by atoms with van der Waals surface area (Å²) in [7, 11) is 0. The van der Waals surface area contributed by atoms with Gasteiger partial charge in [0.1, 0.15) is 0 Å². The number of benzene rings is 1. The molecular formula is C22H36ClNO. The number of ether oxygens (including phenoxy) is 1. The fourth-order valence-corrected chi connectivity index (χ4v) is 4.07. The second kappa shape index (κ2) is 8.88. The van der Waals surface area contributed by atoms with Crippen molar-refractivity contribution in [2.75, 3.05) is 19.8 Å². The van der Waals surface area contributed by atoms with Gasteiger partial charge in [0.2, 0.25) is 0 Å². The summed E-state index contributed by atoms with van der Waals surface area (Å²) in [6.45, 7) is 16.5. The van der Waals surface area contributed by atoms with E-state index in [1.807, 2.05) is 0 Å². The van der Waals surface area contributed by atoms with Gasteiger partial charge in [-0.15, -0.1) is 0 Å². The zero-order chi connectivity index (χ0) is 18.6. The van der Waals surface area contributed by atoms with Crippen molar-refractivity contribution in [1.29, 1.82) is 0 Å². The van der Waals surface area contributed by atoms with Crippen LogP contribution in [-0.4, -0.2) is 36.7 Å². The molecule has 0 aromatic heterocycles. The number of nitrogens with zero attached hydrogens (tertiary/aromatic N) is 1. The summed E-state index contributed by atoms with van der Waals surface area (Å²) in [4.78, 5) is 2.69. The lowest BCUT2D eigenvalue weighted by Gasteiger charge is -2.42. The minimum absolute atomic E-state index is 0.143. The molecular weight excluding hydrogens is 330 g/mol. The Labute approximate surface area is 159 Å². The third kappa shape index (κ3) is 5.45. The van der Waals surface area contributed by atoms with Gasteiger partial charge in [0.25, 0.3) is 0 Å². The lowest BCUT2D eigenvalue weighted by atomic mass is 9.86. The molecule has 2 nitrogen and oxygen atoms in total. The Morgan fingerprint density at radius 1 is 1.16 bits per heavy atom. The van der Waals surface area contributed by atoms with Gasteiger partial charge in [0, 0.05) is 23.7 Å². The van der Waals surface area contributed by atoms with E-state index >= 15 is 0 Å². The number of halogens is 1. The fraction of sp³-hybridized carbons (Fsp3) is 0.727. The van der Waals surface area contributed by atoms with Gasteiger partial charge >= 0.3 is 0 Å². The smallest absolute Gasteiger partial charge is 0.0622 e. The van der Waals surface area contributed by atoms with Gasteiger partial charge < -0.3 is 4.74 Å². The molecule has 25 heavy (non-hydrogen) atoms. The Balaban J connectivity index is 2.05. The van der Waals surface area contributed by atoms with Gasteiger partial charge in [0.05, 0.1) is 13.2 Å². The predicted molar refractivity (Wildman–Crippen MR) is 109 cm³/mol. The Kier molecular flexibility index (Phi) is 7.37. The molecule has 0 saturated carbocycles. The summed E-state index contributed by atoms with van der Waals surface area (Å²) >= 11 is 6.60. The second-order valence-corrected chi connectivity index (χ2v) is 9.13. The summed E-state index contributed by atoms with van der Waals surface area (Å²) in [5.41, 5.74) is 2.72. The van der Waals surface area contributed by atoms with E-state index in [1.165, 1.54) is 11.1 Å². The third-order valence-electron chi connectivity index (χ3n) is 5.51. The topological polar surface area (TPSA) is 12.5 Å². The second-order valence-electron chi connectivity index (χ2n) is 8.72. The fourth-order valence-electron chi connectivity index (χ4n) is 3.81. The molecule has 1 heterocycles. The molecule has 0 radical (unpaired) electrons. The molecule has 142 valence electrons. The molecule has 0 aliphatic carbocycles. The van der Waals surface area contributed by atoms with Crippen molar-refractivity contribution in [2.45, 2.75) is 78.3 Å². The molecule has 1 fully saturated rings. The maximum absolute atomic E-state index is 6.60. The summed E-state index contributed by atoms with van der Waals surface area (Å²) < 4.78 is 5.81. The molecule has 0 bridgehead atoms. The van der Waals surface area contributed by atoms with E-state index < -0.39 is 0 Å². The van der Waals surface area contributed by atoms with E-state index in [2.05, 4.69) is 64.6 Å². The average Bonchev–Trinajstić information content (AvgIpc) is 2.55. The first-order valence-electron chi connectivity index (χ1n) is 9.88. The first kappa shape index (κ1) is 20.7. The highest BCUT2D eigenvalue weighted by molar-refractivity contribution is 6.31. The van der Waals surface area contributed by atoms with Crippen LogP contribution in [0.25, 0.3) is 0 Å². The molecule has 0 amide bonds. The predicted octanol–water partition coefficient (Wildman–Crippen LogP) is 5.71. The van der Waals surface area contributed by atoms with Crippen molar-refractivity contribution in [2.24, 2.45) is 5.92 Å². The summed E-state index contributed by atoms with van der Waals surface area (Å²) in [6.07, 6.45) is 3.35. The highest BCUT2D eigenvalue weighted by Crippen LogP contribution is 2.29. The molecule has 3 heteroatoms. The normalized spacial score (nSPS) is 23.6. The molecule has 1 aromatic rings. The number of rotatable bonds is 6. The monoisotopic (exact) mass is 365 g/mol. The number of morpholine rings is 1. The van der Waals surface area contributed by atoms with Gasteiger partial charge in [-0.3, -0.25) is 4.90 Å². The maximum Gasteiger partial charge on any atom is 0.0622 e. The highest BCUT2D eigenvalue weighted by Gasteiger charge is 2.30. The molecule has 1 aliphatic rings.